The van der Waals surface area contributed by atoms with Gasteiger partial charge in [-0.25, -0.2) is 0 Å². The van der Waals surface area contributed by atoms with Gasteiger partial charge >= 0.3 is 0 Å². The molecular formula is C15H25N3O. The Kier molecular flexibility index (Phi) is 5.02. The zero-order chi connectivity index (χ0) is 13.7. The van der Waals surface area contributed by atoms with Crippen LogP contribution in [0.5, 0.6) is 5.75 Å². The minimum absolute atomic E-state index is 0.635. The Morgan fingerprint density at radius 2 is 2.16 bits per heavy atom. The molecule has 106 valence electrons. The first kappa shape index (κ1) is 14.1. The van der Waals surface area contributed by atoms with Crippen molar-refractivity contribution in [1.29, 1.82) is 0 Å². The molecule has 1 aliphatic heterocycles. The Morgan fingerprint density at radius 3 is 2.84 bits per heavy atom. The van der Waals surface area contributed by atoms with Crippen molar-refractivity contribution in [2.45, 2.75) is 26.7 Å². The summed E-state index contributed by atoms with van der Waals surface area (Å²) in [6, 6.07) is 2.04. The molecule has 2 rings (SSSR count). The van der Waals surface area contributed by atoms with E-state index in [9.17, 15) is 0 Å². The molecule has 1 unspecified atom stereocenters. The molecule has 1 aliphatic rings. The maximum Gasteiger partial charge on any atom is 0.160 e. The number of pyridine rings is 1. The SMILES string of the molecule is COc1cnc(C)cc1NCC(C)CN1CCCC1. The number of rotatable bonds is 6. The van der Waals surface area contributed by atoms with Crippen molar-refractivity contribution < 1.29 is 4.74 Å². The summed E-state index contributed by atoms with van der Waals surface area (Å²) in [5.41, 5.74) is 2.05. The molecule has 1 saturated heterocycles. The zero-order valence-electron chi connectivity index (χ0n) is 12.3. The van der Waals surface area contributed by atoms with Crippen LogP contribution >= 0.6 is 0 Å². The maximum atomic E-state index is 5.33. The van der Waals surface area contributed by atoms with Crippen LogP contribution in [-0.4, -0.2) is 43.2 Å². The van der Waals surface area contributed by atoms with E-state index in [1.54, 1.807) is 13.3 Å². The van der Waals surface area contributed by atoms with E-state index in [2.05, 4.69) is 22.1 Å². The molecule has 1 fully saturated rings. The first-order chi connectivity index (χ1) is 9.19. The van der Waals surface area contributed by atoms with Crippen LogP contribution in [0.3, 0.4) is 0 Å². The fourth-order valence-electron chi connectivity index (χ4n) is 2.60. The third-order valence-corrected chi connectivity index (χ3v) is 3.63. The van der Waals surface area contributed by atoms with Gasteiger partial charge in [-0.1, -0.05) is 6.92 Å². The molecule has 4 nitrogen and oxygen atoms in total. The van der Waals surface area contributed by atoms with E-state index in [0.717, 1.165) is 23.7 Å². The van der Waals surface area contributed by atoms with Crippen molar-refractivity contribution in [3.63, 3.8) is 0 Å². The molecule has 4 heteroatoms. The lowest BCUT2D eigenvalue weighted by molar-refractivity contribution is 0.294. The van der Waals surface area contributed by atoms with Gasteiger partial charge in [0.15, 0.2) is 5.75 Å². The number of hydrogen-bond donors (Lipinski definition) is 1. The Labute approximate surface area is 116 Å². The minimum atomic E-state index is 0.635. The van der Waals surface area contributed by atoms with Gasteiger partial charge in [0.1, 0.15) is 0 Å². The highest BCUT2D eigenvalue weighted by molar-refractivity contribution is 5.55. The van der Waals surface area contributed by atoms with Gasteiger partial charge in [-0.2, -0.15) is 0 Å². The van der Waals surface area contributed by atoms with E-state index in [1.165, 1.54) is 32.5 Å². The molecule has 0 aliphatic carbocycles. The van der Waals surface area contributed by atoms with Crippen LogP contribution in [0.2, 0.25) is 0 Å². The second-order valence-electron chi connectivity index (χ2n) is 5.52. The van der Waals surface area contributed by atoms with Crippen LogP contribution in [-0.2, 0) is 0 Å². The predicted molar refractivity (Wildman–Crippen MR) is 78.9 cm³/mol. The lowest BCUT2D eigenvalue weighted by Gasteiger charge is -2.21. The first-order valence-corrected chi connectivity index (χ1v) is 7.16. The van der Waals surface area contributed by atoms with Gasteiger partial charge in [-0.15, -0.1) is 0 Å². The Bertz CT molecular complexity index is 402. The number of nitrogens with one attached hydrogen (secondary N) is 1. The fraction of sp³-hybridized carbons (Fsp3) is 0.667. The van der Waals surface area contributed by atoms with E-state index in [1.807, 2.05) is 13.0 Å². The average molecular weight is 263 g/mol. The van der Waals surface area contributed by atoms with E-state index < -0.39 is 0 Å². The smallest absolute Gasteiger partial charge is 0.160 e. The molecule has 1 aromatic heterocycles. The molecule has 0 aromatic carbocycles. The number of methoxy groups -OCH3 is 1. The topological polar surface area (TPSA) is 37.4 Å². The lowest BCUT2D eigenvalue weighted by atomic mass is 10.1. The van der Waals surface area contributed by atoms with Crippen LogP contribution in [0.15, 0.2) is 12.3 Å². The molecule has 0 amide bonds. The lowest BCUT2D eigenvalue weighted by Crippen LogP contribution is -2.28. The van der Waals surface area contributed by atoms with Crippen LogP contribution in [0.25, 0.3) is 0 Å². The third-order valence-electron chi connectivity index (χ3n) is 3.63. The van der Waals surface area contributed by atoms with Gasteiger partial charge in [0, 0.05) is 18.8 Å². The molecule has 1 atom stereocenters. The van der Waals surface area contributed by atoms with E-state index in [-0.39, 0.29) is 0 Å². The highest BCUT2D eigenvalue weighted by Gasteiger charge is 2.14. The molecule has 0 spiro atoms. The Hall–Kier alpha value is -1.29. The van der Waals surface area contributed by atoms with Crippen LogP contribution in [0.1, 0.15) is 25.5 Å². The number of hydrogen-bond acceptors (Lipinski definition) is 4. The highest BCUT2D eigenvalue weighted by atomic mass is 16.5. The van der Waals surface area contributed by atoms with Crippen molar-refractivity contribution in [3.8, 4) is 5.75 Å². The summed E-state index contributed by atoms with van der Waals surface area (Å²) in [6.07, 6.45) is 4.50. The second kappa shape index (κ2) is 6.75. The van der Waals surface area contributed by atoms with Crippen LogP contribution < -0.4 is 10.1 Å². The van der Waals surface area contributed by atoms with E-state index in [0.29, 0.717) is 5.92 Å². The second-order valence-corrected chi connectivity index (χ2v) is 5.52. The maximum absolute atomic E-state index is 5.33. The predicted octanol–water partition coefficient (Wildman–Crippen LogP) is 2.54. The van der Waals surface area contributed by atoms with Gasteiger partial charge in [-0.3, -0.25) is 4.98 Å². The highest BCUT2D eigenvalue weighted by Crippen LogP contribution is 2.23. The minimum Gasteiger partial charge on any atom is -0.493 e. The molecule has 1 aromatic rings. The number of aryl methyl sites for hydroxylation is 1. The van der Waals surface area contributed by atoms with Crippen molar-refractivity contribution >= 4 is 5.69 Å². The van der Waals surface area contributed by atoms with Crippen LogP contribution in [0, 0.1) is 12.8 Å². The number of likely N-dealkylation sites (tertiary alicyclic amines) is 1. The van der Waals surface area contributed by atoms with Gasteiger partial charge in [0.05, 0.1) is 19.0 Å². The summed E-state index contributed by atoms with van der Waals surface area (Å²) < 4.78 is 5.33. The molecule has 0 saturated carbocycles. The van der Waals surface area contributed by atoms with Gasteiger partial charge in [0.25, 0.3) is 0 Å². The van der Waals surface area contributed by atoms with Crippen LogP contribution in [0.4, 0.5) is 5.69 Å². The number of ether oxygens (including phenoxy) is 1. The number of aromatic nitrogens is 1. The molecule has 2 heterocycles. The summed E-state index contributed by atoms with van der Waals surface area (Å²) >= 11 is 0. The molecular weight excluding hydrogens is 238 g/mol. The average Bonchev–Trinajstić information content (AvgIpc) is 2.89. The van der Waals surface area contributed by atoms with Gasteiger partial charge < -0.3 is 15.0 Å². The van der Waals surface area contributed by atoms with Crippen molar-refractivity contribution in [3.05, 3.63) is 18.0 Å². The summed E-state index contributed by atoms with van der Waals surface area (Å²) in [5.74, 6) is 1.45. The first-order valence-electron chi connectivity index (χ1n) is 7.16. The third kappa shape index (κ3) is 4.10. The summed E-state index contributed by atoms with van der Waals surface area (Å²) in [6.45, 7) is 8.98. The van der Waals surface area contributed by atoms with Gasteiger partial charge in [0.2, 0.25) is 0 Å². The summed E-state index contributed by atoms with van der Waals surface area (Å²) in [5, 5.41) is 3.49. The Morgan fingerprint density at radius 1 is 1.42 bits per heavy atom. The van der Waals surface area contributed by atoms with E-state index >= 15 is 0 Å². The normalized spacial score (nSPS) is 17.4. The number of nitrogens with zero attached hydrogens (tertiary/aromatic N) is 2. The monoisotopic (exact) mass is 263 g/mol. The van der Waals surface area contributed by atoms with Crippen molar-refractivity contribution in [2.75, 3.05) is 38.6 Å². The summed E-state index contributed by atoms with van der Waals surface area (Å²) in [4.78, 5) is 6.80. The molecule has 0 radical (unpaired) electrons. The van der Waals surface area contributed by atoms with Crippen molar-refractivity contribution in [2.24, 2.45) is 5.92 Å². The Balaban J connectivity index is 1.85. The van der Waals surface area contributed by atoms with Crippen molar-refractivity contribution in [1.82, 2.24) is 9.88 Å². The quantitative estimate of drug-likeness (QED) is 0.856. The molecule has 1 N–H and O–H groups in total. The van der Waals surface area contributed by atoms with E-state index in [4.69, 9.17) is 4.74 Å². The summed E-state index contributed by atoms with van der Waals surface area (Å²) in [7, 11) is 1.69. The largest absolute Gasteiger partial charge is 0.493 e. The number of anilines is 1. The van der Waals surface area contributed by atoms with Gasteiger partial charge in [-0.05, 0) is 44.8 Å². The zero-order valence-corrected chi connectivity index (χ0v) is 12.3. The molecule has 19 heavy (non-hydrogen) atoms. The molecule has 0 bridgehead atoms. The fourth-order valence-corrected chi connectivity index (χ4v) is 2.60. The standard InChI is InChI=1S/C15H25N3O/c1-12(11-18-6-4-5-7-18)9-17-14-8-13(2)16-10-15(14)19-3/h8,10,12H,4-7,9,11H2,1-3H3,(H,16,17).